The van der Waals surface area contributed by atoms with Crippen LogP contribution in [0, 0.1) is 16.0 Å². The summed E-state index contributed by atoms with van der Waals surface area (Å²) >= 11 is 0. The molecule has 6 heteroatoms. The number of benzene rings is 2. The number of methoxy groups -OCH3 is 1. The summed E-state index contributed by atoms with van der Waals surface area (Å²) in [6, 6.07) is 13.1. The van der Waals surface area contributed by atoms with Crippen molar-refractivity contribution >= 4 is 11.4 Å². The van der Waals surface area contributed by atoms with Gasteiger partial charge in [-0.05, 0) is 41.7 Å². The lowest BCUT2D eigenvalue weighted by Gasteiger charge is -2.37. The van der Waals surface area contributed by atoms with Crippen molar-refractivity contribution in [3.63, 3.8) is 0 Å². The Labute approximate surface area is 158 Å². The van der Waals surface area contributed by atoms with Gasteiger partial charge in [0, 0.05) is 30.8 Å². The Morgan fingerprint density at radius 1 is 1.19 bits per heavy atom. The minimum Gasteiger partial charge on any atom is -0.491 e. The van der Waals surface area contributed by atoms with E-state index in [0.29, 0.717) is 25.0 Å². The van der Waals surface area contributed by atoms with Gasteiger partial charge >= 0.3 is 0 Å². The number of nitro groups is 1. The minimum atomic E-state index is -0.363. The number of nitrogens with one attached hydrogen (secondary N) is 1. The highest BCUT2D eigenvalue weighted by molar-refractivity contribution is 5.61. The first kappa shape index (κ1) is 17.5. The van der Waals surface area contributed by atoms with E-state index in [1.54, 1.807) is 19.2 Å². The van der Waals surface area contributed by atoms with Crippen LogP contribution < -0.4 is 10.1 Å². The molecule has 0 radical (unpaired) electrons. The zero-order valence-electron chi connectivity index (χ0n) is 15.1. The van der Waals surface area contributed by atoms with Gasteiger partial charge in [-0.1, -0.05) is 24.3 Å². The Bertz CT molecular complexity index is 863. The number of rotatable bonds is 6. The molecule has 2 aromatic carbocycles. The molecule has 1 heterocycles. The van der Waals surface area contributed by atoms with Gasteiger partial charge in [0.05, 0.1) is 17.6 Å². The van der Waals surface area contributed by atoms with Crippen LogP contribution in [0.2, 0.25) is 0 Å². The SMILES string of the molecule is COCCOc1ccc2c(c1)C1C=CCC1C(c1ccc([N+](=O)[O-])cc1)N2. The molecule has 0 saturated heterocycles. The summed E-state index contributed by atoms with van der Waals surface area (Å²) in [6.45, 7) is 1.08. The van der Waals surface area contributed by atoms with Gasteiger partial charge in [0.15, 0.2) is 0 Å². The van der Waals surface area contributed by atoms with E-state index >= 15 is 0 Å². The number of nitrogens with zero attached hydrogens (tertiary/aromatic N) is 1. The molecule has 0 bridgehead atoms. The number of allylic oxidation sites excluding steroid dienone is 2. The summed E-state index contributed by atoms with van der Waals surface area (Å²) in [5.41, 5.74) is 3.52. The summed E-state index contributed by atoms with van der Waals surface area (Å²) in [7, 11) is 1.66. The van der Waals surface area contributed by atoms with Gasteiger partial charge < -0.3 is 14.8 Å². The third-order valence-corrected chi connectivity index (χ3v) is 5.35. The summed E-state index contributed by atoms with van der Waals surface area (Å²) in [5, 5.41) is 14.6. The summed E-state index contributed by atoms with van der Waals surface area (Å²) in [4.78, 5) is 10.6. The summed E-state index contributed by atoms with van der Waals surface area (Å²) in [6.07, 6.45) is 5.47. The first-order valence-electron chi connectivity index (χ1n) is 9.10. The summed E-state index contributed by atoms with van der Waals surface area (Å²) in [5.74, 6) is 1.54. The molecule has 0 amide bonds. The molecular weight excluding hydrogens is 344 g/mol. The highest BCUT2D eigenvalue weighted by atomic mass is 16.6. The van der Waals surface area contributed by atoms with Crippen LogP contribution in [0.5, 0.6) is 5.75 Å². The van der Waals surface area contributed by atoms with Gasteiger partial charge in [-0.3, -0.25) is 10.1 Å². The van der Waals surface area contributed by atoms with Crippen molar-refractivity contribution in [1.82, 2.24) is 0 Å². The molecule has 1 aliphatic carbocycles. The van der Waals surface area contributed by atoms with Gasteiger partial charge in [0.25, 0.3) is 5.69 Å². The Morgan fingerprint density at radius 3 is 2.74 bits per heavy atom. The molecule has 3 atom stereocenters. The van der Waals surface area contributed by atoms with Crippen LogP contribution in [0.15, 0.2) is 54.6 Å². The Balaban J connectivity index is 1.61. The van der Waals surface area contributed by atoms with E-state index in [0.717, 1.165) is 23.4 Å². The fraction of sp³-hybridized carbons (Fsp3) is 0.333. The van der Waals surface area contributed by atoms with Crippen LogP contribution in [0.3, 0.4) is 0 Å². The van der Waals surface area contributed by atoms with E-state index in [4.69, 9.17) is 9.47 Å². The number of hydrogen-bond acceptors (Lipinski definition) is 5. The average Bonchev–Trinajstić information content (AvgIpc) is 3.18. The Morgan fingerprint density at radius 2 is 2.00 bits per heavy atom. The van der Waals surface area contributed by atoms with Gasteiger partial charge in [-0.15, -0.1) is 0 Å². The first-order valence-corrected chi connectivity index (χ1v) is 9.10. The van der Waals surface area contributed by atoms with E-state index in [-0.39, 0.29) is 16.7 Å². The van der Waals surface area contributed by atoms with Crippen molar-refractivity contribution in [2.75, 3.05) is 25.6 Å². The van der Waals surface area contributed by atoms with Crippen LogP contribution in [0.25, 0.3) is 0 Å². The number of fused-ring (bicyclic) bond motifs is 3. The lowest BCUT2D eigenvalue weighted by molar-refractivity contribution is -0.384. The number of hydrogen-bond donors (Lipinski definition) is 1. The molecule has 0 aromatic heterocycles. The fourth-order valence-corrected chi connectivity index (χ4v) is 4.04. The highest BCUT2D eigenvalue weighted by Crippen LogP contribution is 2.50. The molecule has 4 rings (SSSR count). The molecule has 0 spiro atoms. The molecule has 0 fully saturated rings. The molecule has 0 saturated carbocycles. The molecule has 1 N–H and O–H groups in total. The number of ether oxygens (including phenoxy) is 2. The number of non-ortho nitro benzene ring substituents is 1. The molecule has 6 nitrogen and oxygen atoms in total. The molecular formula is C21H22N2O4. The number of anilines is 1. The molecule has 1 aliphatic heterocycles. The smallest absolute Gasteiger partial charge is 0.269 e. The first-order chi connectivity index (χ1) is 13.2. The normalized spacial score (nSPS) is 22.6. The monoisotopic (exact) mass is 366 g/mol. The van der Waals surface area contributed by atoms with Crippen LogP contribution >= 0.6 is 0 Å². The predicted octanol–water partition coefficient (Wildman–Crippen LogP) is 4.45. The number of nitro benzene ring substituents is 1. The highest BCUT2D eigenvalue weighted by Gasteiger charge is 2.38. The maximum absolute atomic E-state index is 10.9. The quantitative estimate of drug-likeness (QED) is 0.354. The largest absolute Gasteiger partial charge is 0.491 e. The zero-order chi connectivity index (χ0) is 18.8. The van der Waals surface area contributed by atoms with Crippen molar-refractivity contribution in [3.8, 4) is 5.75 Å². The van der Waals surface area contributed by atoms with Gasteiger partial charge in [-0.2, -0.15) is 0 Å². The molecule has 3 unspecified atom stereocenters. The van der Waals surface area contributed by atoms with Crippen molar-refractivity contribution in [2.45, 2.75) is 18.4 Å². The maximum atomic E-state index is 10.9. The van der Waals surface area contributed by atoms with Gasteiger partial charge in [0.2, 0.25) is 0 Å². The molecule has 2 aromatic rings. The second kappa shape index (κ2) is 7.40. The maximum Gasteiger partial charge on any atom is 0.269 e. The standard InChI is InChI=1S/C21H22N2O4/c1-26-11-12-27-16-9-10-20-19(13-16)17-3-2-4-18(17)21(22-20)14-5-7-15(8-6-14)23(24)25/h2-3,5-10,13,17-18,21-22H,4,11-12H2,1H3. The van der Waals surface area contributed by atoms with E-state index in [9.17, 15) is 10.1 Å². The van der Waals surface area contributed by atoms with Crippen LogP contribution in [-0.2, 0) is 4.74 Å². The van der Waals surface area contributed by atoms with Crippen LogP contribution in [-0.4, -0.2) is 25.2 Å². The van der Waals surface area contributed by atoms with Crippen molar-refractivity contribution in [3.05, 3.63) is 75.9 Å². The van der Waals surface area contributed by atoms with Crippen LogP contribution in [0.1, 0.15) is 29.5 Å². The lowest BCUT2D eigenvalue weighted by atomic mass is 9.77. The fourth-order valence-electron chi connectivity index (χ4n) is 4.04. The average molecular weight is 366 g/mol. The zero-order valence-corrected chi connectivity index (χ0v) is 15.1. The summed E-state index contributed by atoms with van der Waals surface area (Å²) < 4.78 is 10.8. The minimum absolute atomic E-state index is 0.119. The van der Waals surface area contributed by atoms with Crippen molar-refractivity contribution in [1.29, 1.82) is 0 Å². The van der Waals surface area contributed by atoms with Crippen molar-refractivity contribution < 1.29 is 14.4 Å². The third-order valence-electron chi connectivity index (χ3n) is 5.35. The lowest BCUT2D eigenvalue weighted by Crippen LogP contribution is -2.29. The van der Waals surface area contributed by atoms with E-state index in [1.807, 2.05) is 18.2 Å². The predicted molar refractivity (Wildman–Crippen MR) is 103 cm³/mol. The van der Waals surface area contributed by atoms with Gasteiger partial charge in [0.1, 0.15) is 12.4 Å². The van der Waals surface area contributed by atoms with E-state index in [2.05, 4.69) is 29.6 Å². The molecule has 2 aliphatic rings. The second-order valence-corrected chi connectivity index (χ2v) is 6.91. The van der Waals surface area contributed by atoms with Crippen LogP contribution in [0.4, 0.5) is 11.4 Å². The van der Waals surface area contributed by atoms with Gasteiger partial charge in [-0.25, -0.2) is 0 Å². The van der Waals surface area contributed by atoms with Crippen molar-refractivity contribution in [2.24, 2.45) is 5.92 Å². The topological polar surface area (TPSA) is 73.6 Å². The third kappa shape index (κ3) is 3.40. The molecule has 27 heavy (non-hydrogen) atoms. The second-order valence-electron chi connectivity index (χ2n) is 6.91. The molecule has 140 valence electrons. The Kier molecular flexibility index (Phi) is 4.81. The van der Waals surface area contributed by atoms with E-state index < -0.39 is 0 Å². The Hall–Kier alpha value is -2.86. The van der Waals surface area contributed by atoms with E-state index in [1.165, 1.54) is 5.56 Å².